The van der Waals surface area contributed by atoms with Gasteiger partial charge in [0.15, 0.2) is 0 Å². The van der Waals surface area contributed by atoms with E-state index in [0.29, 0.717) is 26.1 Å². The molecule has 114 valence electrons. The zero-order valence-corrected chi connectivity index (χ0v) is 14.1. The van der Waals surface area contributed by atoms with Crippen molar-refractivity contribution in [3.8, 4) is 0 Å². The van der Waals surface area contributed by atoms with Crippen LogP contribution in [-0.4, -0.2) is 54.6 Å². The molecular weight excluding hydrogens is 326 g/mol. The first-order chi connectivity index (χ1) is 9.49. The van der Waals surface area contributed by atoms with E-state index in [2.05, 4.69) is 30.7 Å². The van der Waals surface area contributed by atoms with Crippen molar-refractivity contribution in [2.45, 2.75) is 19.9 Å². The molecule has 7 heteroatoms. The van der Waals surface area contributed by atoms with Gasteiger partial charge in [0, 0.05) is 33.8 Å². The maximum atomic E-state index is 11.3. The molecule has 0 aliphatic carbocycles. The average molecular weight is 348 g/mol. The number of hydrogen-bond acceptors (Lipinski definition) is 5. The van der Waals surface area contributed by atoms with E-state index in [1.807, 2.05) is 18.7 Å². The third-order valence-electron chi connectivity index (χ3n) is 3.11. The van der Waals surface area contributed by atoms with Gasteiger partial charge in [-0.15, -0.1) is 0 Å². The Bertz CT molecular complexity index is 448. The minimum absolute atomic E-state index is 0.201. The van der Waals surface area contributed by atoms with Gasteiger partial charge in [0.25, 0.3) is 0 Å². The van der Waals surface area contributed by atoms with Crippen molar-refractivity contribution in [3.63, 3.8) is 0 Å². The maximum absolute atomic E-state index is 11.3. The summed E-state index contributed by atoms with van der Waals surface area (Å²) in [7, 11) is 4.99. The van der Waals surface area contributed by atoms with E-state index in [0.717, 1.165) is 22.4 Å². The molecule has 0 atom stereocenters. The second-order valence-electron chi connectivity index (χ2n) is 4.56. The third kappa shape index (κ3) is 4.88. The lowest BCUT2D eigenvalue weighted by Crippen LogP contribution is -2.30. The molecule has 1 aromatic rings. The van der Waals surface area contributed by atoms with E-state index in [1.165, 1.54) is 7.11 Å². The first-order valence-electron chi connectivity index (χ1n) is 6.45. The minimum Gasteiger partial charge on any atom is -0.469 e. The maximum Gasteiger partial charge on any atom is 0.306 e. The lowest BCUT2D eigenvalue weighted by Gasteiger charge is -2.21. The quantitative estimate of drug-likeness (QED) is 0.667. The summed E-state index contributed by atoms with van der Waals surface area (Å²) in [5.74, 6) is -0.201. The normalized spacial score (nSPS) is 11.1. The standard InChI is InChI=1S/C13H22BrN3O3/c1-10-13(14)11(16(2)15-10)9-17(7-8-19-3)6-5-12(18)20-4/h5-9H2,1-4H3. The number of ether oxygens (including phenoxy) is 2. The van der Waals surface area contributed by atoms with Gasteiger partial charge in [-0.1, -0.05) is 0 Å². The van der Waals surface area contributed by atoms with Crippen LogP contribution in [0.5, 0.6) is 0 Å². The fourth-order valence-electron chi connectivity index (χ4n) is 1.91. The zero-order chi connectivity index (χ0) is 15.1. The Labute approximate surface area is 128 Å². The molecule has 0 aliphatic rings. The summed E-state index contributed by atoms with van der Waals surface area (Å²) in [6.07, 6.45) is 0.370. The highest BCUT2D eigenvalue weighted by Gasteiger charge is 2.15. The summed E-state index contributed by atoms with van der Waals surface area (Å²) in [6, 6.07) is 0. The van der Waals surface area contributed by atoms with Gasteiger partial charge in [-0.3, -0.25) is 14.4 Å². The van der Waals surface area contributed by atoms with Crippen molar-refractivity contribution in [1.82, 2.24) is 14.7 Å². The van der Waals surface area contributed by atoms with Crippen LogP contribution >= 0.6 is 15.9 Å². The third-order valence-corrected chi connectivity index (χ3v) is 4.14. The smallest absolute Gasteiger partial charge is 0.306 e. The summed E-state index contributed by atoms with van der Waals surface area (Å²) in [6.45, 7) is 4.67. The largest absolute Gasteiger partial charge is 0.469 e. The van der Waals surface area contributed by atoms with E-state index in [9.17, 15) is 4.79 Å². The fourth-order valence-corrected chi connectivity index (χ4v) is 2.37. The van der Waals surface area contributed by atoms with E-state index in [4.69, 9.17) is 4.74 Å². The molecule has 0 amide bonds. The van der Waals surface area contributed by atoms with Crippen LogP contribution in [0.1, 0.15) is 17.8 Å². The van der Waals surface area contributed by atoms with Crippen molar-refractivity contribution < 1.29 is 14.3 Å². The van der Waals surface area contributed by atoms with Gasteiger partial charge >= 0.3 is 5.97 Å². The Morgan fingerprint density at radius 1 is 1.40 bits per heavy atom. The molecule has 6 nitrogen and oxygen atoms in total. The summed E-state index contributed by atoms with van der Waals surface area (Å²) in [5, 5.41) is 4.38. The molecule has 0 bridgehead atoms. The van der Waals surface area contributed by atoms with Crippen LogP contribution in [0, 0.1) is 6.92 Å². The van der Waals surface area contributed by atoms with Gasteiger partial charge in [0.2, 0.25) is 0 Å². The van der Waals surface area contributed by atoms with Crippen LogP contribution in [0.3, 0.4) is 0 Å². The van der Waals surface area contributed by atoms with Crippen molar-refractivity contribution >= 4 is 21.9 Å². The number of esters is 1. The summed E-state index contributed by atoms with van der Waals surface area (Å²) < 4.78 is 12.7. The summed E-state index contributed by atoms with van der Waals surface area (Å²) in [4.78, 5) is 13.4. The van der Waals surface area contributed by atoms with Crippen molar-refractivity contribution in [2.24, 2.45) is 7.05 Å². The Morgan fingerprint density at radius 3 is 2.60 bits per heavy atom. The van der Waals surface area contributed by atoms with Gasteiger partial charge in [0.1, 0.15) is 0 Å². The van der Waals surface area contributed by atoms with Crippen LogP contribution in [0.2, 0.25) is 0 Å². The van der Waals surface area contributed by atoms with Gasteiger partial charge in [-0.2, -0.15) is 5.10 Å². The second kappa shape index (κ2) is 8.39. The highest BCUT2D eigenvalue weighted by molar-refractivity contribution is 9.10. The first kappa shape index (κ1) is 17.1. The molecule has 0 fully saturated rings. The molecule has 1 heterocycles. The van der Waals surface area contributed by atoms with E-state index < -0.39 is 0 Å². The number of methoxy groups -OCH3 is 2. The van der Waals surface area contributed by atoms with Crippen molar-refractivity contribution in [2.75, 3.05) is 33.9 Å². The SMILES string of the molecule is COCCN(CCC(=O)OC)Cc1c(Br)c(C)nn1C. The monoisotopic (exact) mass is 347 g/mol. The topological polar surface area (TPSA) is 56.6 Å². The van der Waals surface area contributed by atoms with E-state index in [-0.39, 0.29) is 5.97 Å². The number of carbonyl (C=O) groups is 1. The highest BCUT2D eigenvalue weighted by atomic mass is 79.9. The van der Waals surface area contributed by atoms with Gasteiger partial charge in [-0.25, -0.2) is 0 Å². The first-order valence-corrected chi connectivity index (χ1v) is 7.25. The Kier molecular flexibility index (Phi) is 7.18. The molecule has 1 rings (SSSR count). The molecular formula is C13H22BrN3O3. The minimum atomic E-state index is -0.201. The predicted octanol–water partition coefficient (Wildman–Crippen LogP) is 1.50. The fraction of sp³-hybridized carbons (Fsp3) is 0.692. The Hall–Kier alpha value is -0.920. The Balaban J connectivity index is 2.70. The van der Waals surface area contributed by atoms with Crippen LogP contribution in [-0.2, 0) is 27.9 Å². The molecule has 1 aromatic heterocycles. The lowest BCUT2D eigenvalue weighted by atomic mass is 10.3. The molecule has 0 spiro atoms. The molecule has 0 aliphatic heterocycles. The number of aryl methyl sites for hydroxylation is 2. The highest BCUT2D eigenvalue weighted by Crippen LogP contribution is 2.21. The predicted molar refractivity (Wildman–Crippen MR) is 79.4 cm³/mol. The molecule has 20 heavy (non-hydrogen) atoms. The molecule has 0 radical (unpaired) electrons. The Morgan fingerprint density at radius 2 is 2.10 bits per heavy atom. The van der Waals surface area contributed by atoms with Crippen molar-refractivity contribution in [1.29, 1.82) is 0 Å². The second-order valence-corrected chi connectivity index (χ2v) is 5.36. The van der Waals surface area contributed by atoms with Gasteiger partial charge < -0.3 is 9.47 Å². The summed E-state index contributed by atoms with van der Waals surface area (Å²) in [5.41, 5.74) is 2.05. The molecule has 0 N–H and O–H groups in total. The van der Waals surface area contributed by atoms with Crippen LogP contribution in [0.25, 0.3) is 0 Å². The van der Waals surface area contributed by atoms with E-state index in [1.54, 1.807) is 7.11 Å². The number of aromatic nitrogens is 2. The van der Waals surface area contributed by atoms with E-state index >= 15 is 0 Å². The van der Waals surface area contributed by atoms with Crippen LogP contribution in [0.15, 0.2) is 4.47 Å². The number of carbonyl (C=O) groups excluding carboxylic acids is 1. The van der Waals surface area contributed by atoms with Crippen LogP contribution < -0.4 is 0 Å². The average Bonchev–Trinajstić information content (AvgIpc) is 2.67. The molecule has 0 unspecified atom stereocenters. The van der Waals surface area contributed by atoms with Gasteiger partial charge in [-0.05, 0) is 22.9 Å². The molecule has 0 saturated heterocycles. The van der Waals surface area contributed by atoms with Crippen LogP contribution in [0.4, 0.5) is 0 Å². The van der Waals surface area contributed by atoms with Gasteiger partial charge in [0.05, 0.1) is 36.0 Å². The molecule has 0 saturated carbocycles. The number of nitrogens with zero attached hydrogens (tertiary/aromatic N) is 3. The number of rotatable bonds is 8. The lowest BCUT2D eigenvalue weighted by molar-refractivity contribution is -0.141. The number of hydrogen-bond donors (Lipinski definition) is 0. The molecule has 0 aromatic carbocycles. The number of halogens is 1. The van der Waals surface area contributed by atoms with Crippen molar-refractivity contribution in [3.05, 3.63) is 15.9 Å². The summed E-state index contributed by atoms with van der Waals surface area (Å²) >= 11 is 3.56. The zero-order valence-electron chi connectivity index (χ0n) is 12.5.